The van der Waals surface area contributed by atoms with Crippen LogP contribution in [0.25, 0.3) is 22.2 Å². The number of rotatable bonds is 7. The molecule has 4 aromatic rings. The average molecular weight is 521 g/mol. The van der Waals surface area contributed by atoms with Gasteiger partial charge in [0.2, 0.25) is 0 Å². The zero-order valence-corrected chi connectivity index (χ0v) is 22.0. The van der Waals surface area contributed by atoms with E-state index in [4.69, 9.17) is 15.5 Å². The van der Waals surface area contributed by atoms with Crippen LogP contribution in [0.4, 0.5) is 5.82 Å². The molecule has 38 heavy (non-hydrogen) atoms. The van der Waals surface area contributed by atoms with Gasteiger partial charge in [-0.2, -0.15) is 0 Å². The molecule has 6 rings (SSSR count). The van der Waals surface area contributed by atoms with Crippen molar-refractivity contribution in [3.8, 4) is 0 Å². The van der Waals surface area contributed by atoms with Crippen molar-refractivity contribution in [3.63, 3.8) is 0 Å². The van der Waals surface area contributed by atoms with Gasteiger partial charge in [0.05, 0.1) is 17.4 Å². The van der Waals surface area contributed by atoms with E-state index in [1.54, 1.807) is 4.57 Å². The van der Waals surface area contributed by atoms with Crippen LogP contribution in [0.1, 0.15) is 57.6 Å². The van der Waals surface area contributed by atoms with Crippen LogP contribution in [-0.4, -0.2) is 70.6 Å². The van der Waals surface area contributed by atoms with E-state index in [1.807, 2.05) is 0 Å². The van der Waals surface area contributed by atoms with Crippen LogP contribution in [0.15, 0.2) is 30.9 Å². The number of ether oxygens (including phenoxy) is 1. The lowest BCUT2D eigenvalue weighted by Gasteiger charge is -2.36. The van der Waals surface area contributed by atoms with E-state index >= 15 is 0 Å². The molecule has 4 heterocycles. The molecule has 0 unspecified atom stereocenters. The summed E-state index contributed by atoms with van der Waals surface area (Å²) in [6.45, 7) is 7.11. The predicted octanol–water partition coefficient (Wildman–Crippen LogP) is 2.20. The van der Waals surface area contributed by atoms with Gasteiger partial charge < -0.3 is 31.0 Å². The number of anilines is 1. The summed E-state index contributed by atoms with van der Waals surface area (Å²) in [6.07, 6.45) is 3.56. The van der Waals surface area contributed by atoms with Crippen molar-refractivity contribution in [2.45, 2.75) is 82.5 Å². The molecule has 6 N–H and O–H groups in total. The van der Waals surface area contributed by atoms with Crippen molar-refractivity contribution in [2.75, 3.05) is 12.3 Å². The molecule has 0 amide bonds. The van der Waals surface area contributed by atoms with Crippen molar-refractivity contribution in [1.82, 2.24) is 34.8 Å². The molecule has 4 atom stereocenters. The Kier molecular flexibility index (Phi) is 6.34. The highest BCUT2D eigenvalue weighted by atomic mass is 16.6. The second kappa shape index (κ2) is 9.57. The highest BCUT2D eigenvalue weighted by Gasteiger charge is 2.44. The fourth-order valence-corrected chi connectivity index (χ4v) is 5.59. The van der Waals surface area contributed by atoms with Gasteiger partial charge in [0.25, 0.3) is 0 Å². The van der Waals surface area contributed by atoms with Crippen LogP contribution in [0.2, 0.25) is 0 Å². The highest BCUT2D eigenvalue weighted by Crippen LogP contribution is 2.34. The Hall–Kier alpha value is -3.12. The molecule has 11 heteroatoms. The minimum Gasteiger partial charge on any atom is -0.387 e. The summed E-state index contributed by atoms with van der Waals surface area (Å²) in [5, 5.41) is 24.8. The molecule has 0 radical (unpaired) electrons. The second-order valence-electron chi connectivity index (χ2n) is 11.8. The third-order valence-electron chi connectivity index (χ3n) is 8.03. The Morgan fingerprint density at radius 1 is 1.16 bits per heavy atom. The SMILES string of the molecule is CC(C)(C)c1ccc2[nH]c(CC[C@H]3C[C@H](NC[C@H]4O[C@@H](n5cnc6c(N)ncnc65)[C@H](O)[C@@H]4O)C3)nc2c1. The van der Waals surface area contributed by atoms with Gasteiger partial charge in [0.15, 0.2) is 17.7 Å². The summed E-state index contributed by atoms with van der Waals surface area (Å²) in [6, 6.07) is 6.88. The Bertz CT molecular complexity index is 1440. The quantitative estimate of drug-likeness (QED) is 0.246. The van der Waals surface area contributed by atoms with Gasteiger partial charge in [-0.3, -0.25) is 4.57 Å². The maximum Gasteiger partial charge on any atom is 0.167 e. The van der Waals surface area contributed by atoms with E-state index in [9.17, 15) is 10.2 Å². The zero-order chi connectivity index (χ0) is 26.6. The minimum atomic E-state index is -1.10. The number of aryl methyl sites for hydroxylation is 1. The Balaban J connectivity index is 0.984. The first-order valence-electron chi connectivity index (χ1n) is 13.3. The van der Waals surface area contributed by atoms with Crippen LogP contribution in [0, 0.1) is 5.92 Å². The fraction of sp³-hybridized carbons (Fsp3) is 0.556. The molecule has 11 nitrogen and oxygen atoms in total. The normalized spacial score (nSPS) is 27.8. The van der Waals surface area contributed by atoms with Crippen molar-refractivity contribution < 1.29 is 14.9 Å². The first kappa shape index (κ1) is 25.2. The topological polar surface area (TPSA) is 160 Å². The number of benzene rings is 1. The summed E-state index contributed by atoms with van der Waals surface area (Å²) in [4.78, 5) is 20.7. The van der Waals surface area contributed by atoms with E-state index in [0.717, 1.165) is 42.5 Å². The maximum absolute atomic E-state index is 10.7. The van der Waals surface area contributed by atoms with Crippen LogP contribution < -0.4 is 11.1 Å². The zero-order valence-electron chi connectivity index (χ0n) is 22.0. The number of nitrogens with two attached hydrogens (primary N) is 1. The molecular formula is C27H36N8O3. The molecule has 0 spiro atoms. The Morgan fingerprint density at radius 2 is 1.97 bits per heavy atom. The number of imidazole rings is 2. The van der Waals surface area contributed by atoms with Gasteiger partial charge in [0.1, 0.15) is 36.0 Å². The first-order valence-corrected chi connectivity index (χ1v) is 13.3. The number of nitrogens with zero attached hydrogens (tertiary/aromatic N) is 5. The predicted molar refractivity (Wildman–Crippen MR) is 143 cm³/mol. The number of hydrogen-bond donors (Lipinski definition) is 5. The molecule has 202 valence electrons. The van der Waals surface area contributed by atoms with Crippen LogP contribution in [-0.2, 0) is 16.6 Å². The van der Waals surface area contributed by atoms with Crippen LogP contribution >= 0.6 is 0 Å². The first-order chi connectivity index (χ1) is 18.2. The van der Waals surface area contributed by atoms with E-state index in [2.05, 4.69) is 64.2 Å². The number of fused-ring (bicyclic) bond motifs is 2. The molecule has 1 aliphatic carbocycles. The molecule has 1 aromatic carbocycles. The number of aromatic amines is 1. The molecule has 1 saturated heterocycles. The molecule has 1 aliphatic heterocycles. The number of H-pyrrole nitrogens is 1. The van der Waals surface area contributed by atoms with E-state index in [1.165, 1.54) is 18.2 Å². The molecule has 2 aliphatic rings. The molecule has 2 fully saturated rings. The van der Waals surface area contributed by atoms with E-state index in [-0.39, 0.29) is 11.2 Å². The van der Waals surface area contributed by atoms with Crippen molar-refractivity contribution >= 4 is 28.0 Å². The van der Waals surface area contributed by atoms with Crippen molar-refractivity contribution in [1.29, 1.82) is 0 Å². The maximum atomic E-state index is 10.7. The highest BCUT2D eigenvalue weighted by molar-refractivity contribution is 5.81. The summed E-state index contributed by atoms with van der Waals surface area (Å²) < 4.78 is 7.63. The summed E-state index contributed by atoms with van der Waals surface area (Å²) in [5.74, 6) is 1.94. The van der Waals surface area contributed by atoms with Gasteiger partial charge >= 0.3 is 0 Å². The fourth-order valence-electron chi connectivity index (χ4n) is 5.59. The van der Waals surface area contributed by atoms with Crippen molar-refractivity contribution in [2.24, 2.45) is 5.92 Å². The van der Waals surface area contributed by atoms with Gasteiger partial charge in [-0.15, -0.1) is 0 Å². The van der Waals surface area contributed by atoms with Crippen LogP contribution in [0.3, 0.4) is 0 Å². The van der Waals surface area contributed by atoms with E-state index in [0.29, 0.717) is 29.7 Å². The van der Waals surface area contributed by atoms with Gasteiger partial charge in [-0.05, 0) is 48.3 Å². The number of nitrogens with one attached hydrogen (secondary N) is 2. The molecule has 0 bridgehead atoms. The third-order valence-corrected chi connectivity index (χ3v) is 8.03. The largest absolute Gasteiger partial charge is 0.387 e. The summed E-state index contributed by atoms with van der Waals surface area (Å²) in [7, 11) is 0. The Morgan fingerprint density at radius 3 is 2.76 bits per heavy atom. The monoisotopic (exact) mass is 520 g/mol. The summed E-state index contributed by atoms with van der Waals surface area (Å²) >= 11 is 0. The molecular weight excluding hydrogens is 484 g/mol. The third kappa shape index (κ3) is 4.64. The molecule has 3 aromatic heterocycles. The van der Waals surface area contributed by atoms with Gasteiger partial charge in [-0.1, -0.05) is 26.8 Å². The standard InChI is InChI=1S/C27H36N8O3/c1-27(2,3)15-5-6-17-18(10-15)34-20(33-17)7-4-14-8-16(9-14)29-11-19-22(36)23(37)26(38-19)35-13-32-21-24(28)30-12-31-25(21)35/h5-6,10,12-14,16,19,22-23,26,29,36-37H,4,7-9,11H2,1-3H3,(H,33,34)(H2,28,30,31)/t14-,16-,19-,22-,23-,26-/m1/s1. The smallest absolute Gasteiger partial charge is 0.167 e. The Labute approximate surface area is 220 Å². The second-order valence-corrected chi connectivity index (χ2v) is 11.8. The van der Waals surface area contributed by atoms with E-state index < -0.39 is 24.5 Å². The van der Waals surface area contributed by atoms with Gasteiger partial charge in [0, 0.05) is 19.0 Å². The summed E-state index contributed by atoms with van der Waals surface area (Å²) in [5.41, 5.74) is 10.3. The van der Waals surface area contributed by atoms with Crippen LogP contribution in [0.5, 0.6) is 0 Å². The minimum absolute atomic E-state index is 0.108. The lowest BCUT2D eigenvalue weighted by Crippen LogP contribution is -2.46. The lowest BCUT2D eigenvalue weighted by molar-refractivity contribution is -0.0357. The number of nitrogen functional groups attached to an aromatic ring is 1. The van der Waals surface area contributed by atoms with Gasteiger partial charge in [-0.25, -0.2) is 19.9 Å². The number of aliphatic hydroxyl groups is 2. The van der Waals surface area contributed by atoms with Crippen molar-refractivity contribution in [3.05, 3.63) is 42.2 Å². The average Bonchev–Trinajstić information content (AvgIpc) is 3.54. The number of aromatic nitrogens is 6. The number of aliphatic hydroxyl groups excluding tert-OH is 2. The molecule has 1 saturated carbocycles. The number of hydrogen-bond acceptors (Lipinski definition) is 9. The lowest BCUT2D eigenvalue weighted by atomic mass is 9.77.